The second-order valence-electron chi connectivity index (χ2n) is 2.88. The van der Waals surface area contributed by atoms with Gasteiger partial charge in [-0.15, -0.1) is 0 Å². The lowest BCUT2D eigenvalue weighted by molar-refractivity contribution is -0.141. The molecule has 5 heteroatoms. The molecule has 0 saturated carbocycles. The molecule has 0 heterocycles. The molecule has 0 radical (unpaired) electrons. The maximum atomic E-state index is 11.2. The molecule has 0 bridgehead atoms. The molecule has 0 saturated heterocycles. The summed E-state index contributed by atoms with van der Waals surface area (Å²) in [6.07, 6.45) is 0. The summed E-state index contributed by atoms with van der Waals surface area (Å²) in [4.78, 5) is 11.2. The van der Waals surface area contributed by atoms with Crippen molar-refractivity contribution in [3.05, 3.63) is 29.3 Å². The van der Waals surface area contributed by atoms with Gasteiger partial charge in [0.05, 0.1) is 17.3 Å². The molecule has 1 aromatic rings. The number of hydrogen-bond donors (Lipinski definition) is 1. The molecule has 0 aromatic heterocycles. The zero-order valence-corrected chi connectivity index (χ0v) is 9.20. The Kier molecular flexibility index (Phi) is 4.39. The zero-order chi connectivity index (χ0) is 11.3. The zero-order valence-electron chi connectivity index (χ0n) is 8.44. The number of carbonyl (C=O) groups is 1. The lowest BCUT2D eigenvalue weighted by Gasteiger charge is -2.18. The molecule has 0 fully saturated rings. The highest BCUT2D eigenvalue weighted by molar-refractivity contribution is 6.33. The third kappa shape index (κ3) is 3.42. The van der Waals surface area contributed by atoms with Crippen molar-refractivity contribution < 1.29 is 9.53 Å². The van der Waals surface area contributed by atoms with Crippen LogP contribution in [0.25, 0.3) is 0 Å². The number of nitrogens with zero attached hydrogens (tertiary/aromatic N) is 1. The summed E-state index contributed by atoms with van der Waals surface area (Å²) < 4.78 is 4.77. The Morgan fingerprint density at radius 3 is 2.80 bits per heavy atom. The van der Waals surface area contributed by atoms with Crippen LogP contribution in [0, 0.1) is 0 Å². The molecule has 1 rings (SSSR count). The van der Waals surface area contributed by atoms with Crippen LogP contribution in [0.2, 0.25) is 5.02 Å². The highest BCUT2D eigenvalue weighted by Gasteiger charge is 2.10. The van der Waals surface area contributed by atoms with Gasteiger partial charge in [0.25, 0.3) is 0 Å². The van der Waals surface area contributed by atoms with E-state index in [9.17, 15) is 4.79 Å². The summed E-state index contributed by atoms with van der Waals surface area (Å²) in [6, 6.07) is 7.04. The van der Waals surface area contributed by atoms with Crippen LogP contribution in [-0.2, 0) is 9.53 Å². The number of halogens is 1. The topological polar surface area (TPSA) is 55.6 Å². The third-order valence-corrected chi connectivity index (χ3v) is 2.09. The minimum Gasteiger partial charge on any atom is -0.465 e. The Bertz CT molecular complexity index is 344. The summed E-state index contributed by atoms with van der Waals surface area (Å²) >= 11 is 5.91. The molecule has 0 amide bonds. The van der Waals surface area contributed by atoms with Crippen LogP contribution in [0.1, 0.15) is 6.92 Å². The summed E-state index contributed by atoms with van der Waals surface area (Å²) in [7, 11) is 0. The summed E-state index contributed by atoms with van der Waals surface area (Å²) in [6.45, 7) is 2.07. The fourth-order valence-electron chi connectivity index (χ4n) is 1.12. The van der Waals surface area contributed by atoms with E-state index < -0.39 is 0 Å². The van der Waals surface area contributed by atoms with Crippen molar-refractivity contribution in [1.82, 2.24) is 0 Å². The van der Waals surface area contributed by atoms with Crippen molar-refractivity contribution >= 4 is 23.3 Å². The Balaban J connectivity index is 2.65. The number of nitrogens with two attached hydrogens (primary N) is 1. The van der Waals surface area contributed by atoms with Gasteiger partial charge in [-0.3, -0.25) is 9.80 Å². The van der Waals surface area contributed by atoms with Gasteiger partial charge in [0.1, 0.15) is 6.54 Å². The van der Waals surface area contributed by atoms with Gasteiger partial charge in [-0.2, -0.15) is 0 Å². The Hall–Kier alpha value is -1.26. The van der Waals surface area contributed by atoms with E-state index in [1.165, 1.54) is 5.01 Å². The Morgan fingerprint density at radius 2 is 2.20 bits per heavy atom. The third-order valence-electron chi connectivity index (χ3n) is 1.77. The number of anilines is 1. The number of rotatable bonds is 4. The van der Waals surface area contributed by atoms with Gasteiger partial charge in [-0.25, -0.2) is 5.84 Å². The minimum absolute atomic E-state index is 0.0163. The first-order chi connectivity index (χ1) is 7.15. The van der Waals surface area contributed by atoms with Crippen molar-refractivity contribution in [1.29, 1.82) is 0 Å². The molecule has 2 N–H and O–H groups in total. The fraction of sp³-hybridized carbons (Fsp3) is 0.300. The van der Waals surface area contributed by atoms with Crippen LogP contribution in [0.5, 0.6) is 0 Å². The van der Waals surface area contributed by atoms with Crippen molar-refractivity contribution in [2.75, 3.05) is 18.2 Å². The number of esters is 1. The molecule has 0 aliphatic carbocycles. The molecule has 0 aliphatic heterocycles. The lowest BCUT2D eigenvalue weighted by atomic mass is 10.3. The molecular formula is C10H13ClN2O2. The second-order valence-corrected chi connectivity index (χ2v) is 3.29. The number of hydrazine groups is 1. The van der Waals surface area contributed by atoms with E-state index in [0.29, 0.717) is 17.3 Å². The molecule has 0 aliphatic rings. The molecular weight excluding hydrogens is 216 g/mol. The van der Waals surface area contributed by atoms with Gasteiger partial charge >= 0.3 is 5.97 Å². The van der Waals surface area contributed by atoms with Crippen LogP contribution in [0.3, 0.4) is 0 Å². The summed E-state index contributed by atoms with van der Waals surface area (Å²) in [5, 5.41) is 1.77. The van der Waals surface area contributed by atoms with Gasteiger partial charge in [0, 0.05) is 0 Å². The van der Waals surface area contributed by atoms with E-state index in [2.05, 4.69) is 0 Å². The molecule has 1 aromatic carbocycles. The highest BCUT2D eigenvalue weighted by atomic mass is 35.5. The molecule has 15 heavy (non-hydrogen) atoms. The van der Waals surface area contributed by atoms with E-state index in [1.807, 2.05) is 0 Å². The van der Waals surface area contributed by atoms with Crippen LogP contribution in [0.4, 0.5) is 5.69 Å². The number of hydrogen-bond acceptors (Lipinski definition) is 4. The number of para-hydroxylation sites is 1. The fourth-order valence-corrected chi connectivity index (χ4v) is 1.36. The van der Waals surface area contributed by atoms with E-state index in [1.54, 1.807) is 31.2 Å². The van der Waals surface area contributed by atoms with Crippen molar-refractivity contribution in [2.24, 2.45) is 5.84 Å². The maximum absolute atomic E-state index is 11.2. The normalized spacial score (nSPS) is 9.80. The molecule has 82 valence electrons. The van der Waals surface area contributed by atoms with Crippen molar-refractivity contribution in [3.8, 4) is 0 Å². The van der Waals surface area contributed by atoms with Crippen LogP contribution >= 0.6 is 11.6 Å². The van der Waals surface area contributed by atoms with E-state index in [-0.39, 0.29) is 12.5 Å². The first-order valence-electron chi connectivity index (χ1n) is 4.57. The molecule has 0 spiro atoms. The van der Waals surface area contributed by atoms with Crippen LogP contribution < -0.4 is 10.9 Å². The van der Waals surface area contributed by atoms with E-state index in [4.69, 9.17) is 22.2 Å². The molecule has 0 unspecified atom stereocenters. The van der Waals surface area contributed by atoms with E-state index in [0.717, 1.165) is 0 Å². The van der Waals surface area contributed by atoms with Crippen molar-refractivity contribution in [3.63, 3.8) is 0 Å². The number of ether oxygens (including phenoxy) is 1. The van der Waals surface area contributed by atoms with Gasteiger partial charge in [0.15, 0.2) is 0 Å². The van der Waals surface area contributed by atoms with Crippen LogP contribution in [0.15, 0.2) is 24.3 Å². The number of benzene rings is 1. The SMILES string of the molecule is CCOC(=O)CN(N)c1ccccc1Cl. The standard InChI is InChI=1S/C10H13ClN2O2/c1-2-15-10(14)7-13(12)9-6-4-3-5-8(9)11/h3-6H,2,7,12H2,1H3. The van der Waals surface area contributed by atoms with E-state index >= 15 is 0 Å². The maximum Gasteiger partial charge on any atom is 0.327 e. The second kappa shape index (κ2) is 5.58. The largest absolute Gasteiger partial charge is 0.465 e. The van der Waals surface area contributed by atoms with Gasteiger partial charge < -0.3 is 4.74 Å². The Morgan fingerprint density at radius 1 is 1.53 bits per heavy atom. The number of carbonyl (C=O) groups excluding carboxylic acids is 1. The van der Waals surface area contributed by atoms with Gasteiger partial charge in [-0.05, 0) is 19.1 Å². The smallest absolute Gasteiger partial charge is 0.327 e. The summed E-state index contributed by atoms with van der Waals surface area (Å²) in [5.41, 5.74) is 0.604. The van der Waals surface area contributed by atoms with Gasteiger partial charge in [0.2, 0.25) is 0 Å². The average molecular weight is 229 g/mol. The Labute approximate surface area is 93.5 Å². The van der Waals surface area contributed by atoms with Gasteiger partial charge in [-0.1, -0.05) is 23.7 Å². The lowest BCUT2D eigenvalue weighted by Crippen LogP contribution is -2.37. The average Bonchev–Trinajstić information content (AvgIpc) is 2.18. The predicted octanol–water partition coefficient (Wildman–Crippen LogP) is 1.58. The molecule has 0 atom stereocenters. The summed E-state index contributed by atoms with van der Waals surface area (Å²) in [5.74, 6) is 5.30. The monoisotopic (exact) mass is 228 g/mol. The minimum atomic E-state index is -0.375. The quantitative estimate of drug-likeness (QED) is 0.483. The predicted molar refractivity (Wildman–Crippen MR) is 59.6 cm³/mol. The molecule has 4 nitrogen and oxygen atoms in total. The first kappa shape index (κ1) is 11.8. The first-order valence-corrected chi connectivity index (χ1v) is 4.95. The van der Waals surface area contributed by atoms with Crippen molar-refractivity contribution in [2.45, 2.75) is 6.92 Å². The highest BCUT2D eigenvalue weighted by Crippen LogP contribution is 2.22. The van der Waals surface area contributed by atoms with Crippen LogP contribution in [-0.4, -0.2) is 19.1 Å².